The van der Waals surface area contributed by atoms with Gasteiger partial charge in [-0.15, -0.1) is 22.7 Å². The van der Waals surface area contributed by atoms with Gasteiger partial charge in [0.15, 0.2) is 0 Å². The van der Waals surface area contributed by atoms with Gasteiger partial charge in [-0.1, -0.05) is 31.2 Å². The van der Waals surface area contributed by atoms with Crippen LogP contribution in [0.25, 0.3) is 10.6 Å². The number of hydrogen-bond donors (Lipinski definition) is 1. The van der Waals surface area contributed by atoms with E-state index in [0.717, 1.165) is 27.4 Å². The normalized spacial score (nSPS) is 11.1. The van der Waals surface area contributed by atoms with Gasteiger partial charge in [0.2, 0.25) is 0 Å². The zero-order valence-corrected chi connectivity index (χ0v) is 15.1. The molecule has 0 saturated heterocycles. The highest BCUT2D eigenvalue weighted by atomic mass is 32.1. The third kappa shape index (κ3) is 3.77. The van der Waals surface area contributed by atoms with Gasteiger partial charge < -0.3 is 0 Å². The molecule has 0 aliphatic rings. The molecule has 0 unspecified atom stereocenters. The van der Waals surface area contributed by atoms with Crippen molar-refractivity contribution in [3.8, 4) is 10.6 Å². The van der Waals surface area contributed by atoms with E-state index in [9.17, 15) is 4.79 Å². The minimum Gasteiger partial charge on any atom is -0.266 e. The van der Waals surface area contributed by atoms with Crippen LogP contribution < -0.4 is 5.43 Å². The van der Waals surface area contributed by atoms with Crippen molar-refractivity contribution in [2.24, 2.45) is 5.10 Å². The van der Waals surface area contributed by atoms with Crippen LogP contribution in [0.15, 0.2) is 46.2 Å². The number of benzene rings is 1. The summed E-state index contributed by atoms with van der Waals surface area (Å²) in [6.45, 7) is 4.13. The van der Waals surface area contributed by atoms with Crippen molar-refractivity contribution >= 4 is 34.8 Å². The third-order valence-electron chi connectivity index (χ3n) is 3.60. The molecule has 0 spiro atoms. The molecule has 0 bridgehead atoms. The first-order valence-electron chi connectivity index (χ1n) is 7.59. The Balaban J connectivity index is 1.67. The first-order chi connectivity index (χ1) is 11.7. The maximum Gasteiger partial charge on any atom is 0.290 e. The minimum atomic E-state index is -0.298. The van der Waals surface area contributed by atoms with E-state index in [1.54, 1.807) is 22.9 Å². The van der Waals surface area contributed by atoms with Gasteiger partial charge in [0, 0.05) is 15.8 Å². The van der Waals surface area contributed by atoms with Crippen molar-refractivity contribution in [2.45, 2.75) is 20.3 Å². The lowest BCUT2D eigenvalue weighted by molar-refractivity contribution is 0.0951. The predicted octanol–water partition coefficient (Wildman–Crippen LogP) is 4.51. The van der Waals surface area contributed by atoms with E-state index in [0.29, 0.717) is 5.69 Å². The highest BCUT2D eigenvalue weighted by Crippen LogP contribution is 2.24. The summed E-state index contributed by atoms with van der Waals surface area (Å²) in [5, 5.41) is 8.59. The Kier molecular flexibility index (Phi) is 5.17. The fraction of sp³-hybridized carbons (Fsp3) is 0.167. The lowest BCUT2D eigenvalue weighted by Gasteiger charge is -1.99. The molecule has 3 aromatic rings. The molecular formula is C18H17N3OS2. The van der Waals surface area contributed by atoms with Crippen molar-refractivity contribution in [2.75, 3.05) is 0 Å². The molecule has 0 fully saturated rings. The minimum absolute atomic E-state index is 0.298. The Bertz CT molecular complexity index is 863. The molecule has 1 N–H and O–H groups in total. The number of thiophene rings is 1. The Hall–Kier alpha value is -2.31. The van der Waals surface area contributed by atoms with E-state index in [-0.39, 0.29) is 5.91 Å². The number of amides is 1. The number of thiazole rings is 1. The lowest BCUT2D eigenvalue weighted by atomic mass is 10.1. The zero-order valence-electron chi connectivity index (χ0n) is 13.4. The van der Waals surface area contributed by atoms with Crippen LogP contribution in [-0.2, 0) is 6.42 Å². The summed E-state index contributed by atoms with van der Waals surface area (Å²) >= 11 is 3.04. The van der Waals surface area contributed by atoms with Gasteiger partial charge in [0.05, 0.1) is 6.21 Å². The maximum atomic E-state index is 12.1. The molecule has 3 rings (SSSR count). The quantitative estimate of drug-likeness (QED) is 0.541. The fourth-order valence-electron chi connectivity index (χ4n) is 2.12. The summed E-state index contributed by atoms with van der Waals surface area (Å²) in [7, 11) is 0. The van der Waals surface area contributed by atoms with E-state index in [4.69, 9.17) is 0 Å². The second-order valence-corrected chi connectivity index (χ2v) is 7.06. The van der Waals surface area contributed by atoms with Crippen LogP contribution in [0.3, 0.4) is 0 Å². The molecule has 24 heavy (non-hydrogen) atoms. The summed E-state index contributed by atoms with van der Waals surface area (Å²) in [6.07, 6.45) is 2.67. The number of nitrogens with zero attached hydrogens (tertiary/aromatic N) is 2. The molecule has 0 aliphatic carbocycles. The van der Waals surface area contributed by atoms with Crippen LogP contribution in [0.5, 0.6) is 0 Å². The molecule has 4 nitrogen and oxygen atoms in total. The van der Waals surface area contributed by atoms with E-state index in [1.807, 2.05) is 30.5 Å². The van der Waals surface area contributed by atoms with Crippen LogP contribution in [0.1, 0.15) is 33.4 Å². The van der Waals surface area contributed by atoms with Gasteiger partial charge in [-0.3, -0.25) is 4.79 Å². The van der Waals surface area contributed by atoms with Crippen molar-refractivity contribution < 1.29 is 4.79 Å². The first-order valence-corrected chi connectivity index (χ1v) is 9.35. The number of hydrazone groups is 1. The number of carbonyl (C=O) groups excluding carboxylic acids is 1. The van der Waals surface area contributed by atoms with Crippen LogP contribution in [0, 0.1) is 6.92 Å². The number of nitrogens with one attached hydrogen (secondary N) is 1. The Morgan fingerprint density at radius 1 is 1.25 bits per heavy atom. The maximum absolute atomic E-state index is 12.1. The highest BCUT2D eigenvalue weighted by Gasteiger charge is 2.11. The van der Waals surface area contributed by atoms with Gasteiger partial charge >= 0.3 is 0 Å². The summed E-state index contributed by atoms with van der Waals surface area (Å²) in [5.41, 5.74) is 6.36. The largest absolute Gasteiger partial charge is 0.290 e. The van der Waals surface area contributed by atoms with Crippen LogP contribution in [-0.4, -0.2) is 17.1 Å². The molecule has 122 valence electrons. The average Bonchev–Trinajstić information content (AvgIpc) is 3.25. The van der Waals surface area contributed by atoms with Crippen molar-refractivity contribution in [3.63, 3.8) is 0 Å². The van der Waals surface area contributed by atoms with Crippen LogP contribution in [0.2, 0.25) is 0 Å². The lowest BCUT2D eigenvalue weighted by Crippen LogP contribution is -2.17. The number of carbonyl (C=O) groups is 1. The number of aromatic nitrogens is 1. The van der Waals surface area contributed by atoms with Crippen molar-refractivity contribution in [1.82, 2.24) is 10.4 Å². The topological polar surface area (TPSA) is 54.4 Å². The van der Waals surface area contributed by atoms with E-state index < -0.39 is 0 Å². The molecule has 0 atom stereocenters. The van der Waals surface area contributed by atoms with E-state index >= 15 is 0 Å². The smallest absolute Gasteiger partial charge is 0.266 e. The monoisotopic (exact) mass is 355 g/mol. The molecule has 6 heteroatoms. The Morgan fingerprint density at radius 2 is 2.04 bits per heavy atom. The molecule has 0 aliphatic heterocycles. The number of rotatable bonds is 5. The molecule has 2 heterocycles. The van der Waals surface area contributed by atoms with E-state index in [2.05, 4.69) is 34.6 Å². The standard InChI is InChI=1S/C18H17N3OS2/c1-3-13-4-6-14(7-5-13)18-20-15(11-24-18)17(22)21-19-10-16-12(2)8-9-23-16/h4-11H,3H2,1-2H3,(H,21,22)/b19-10-. The number of aryl methyl sites for hydroxylation is 2. The summed E-state index contributed by atoms with van der Waals surface area (Å²) in [4.78, 5) is 17.6. The Morgan fingerprint density at radius 3 is 2.71 bits per heavy atom. The molecular weight excluding hydrogens is 338 g/mol. The zero-order chi connectivity index (χ0) is 16.9. The van der Waals surface area contributed by atoms with Gasteiger partial charge in [-0.2, -0.15) is 5.10 Å². The second-order valence-electron chi connectivity index (χ2n) is 5.26. The van der Waals surface area contributed by atoms with Gasteiger partial charge in [0.25, 0.3) is 5.91 Å². The van der Waals surface area contributed by atoms with Gasteiger partial charge in [-0.05, 0) is 35.9 Å². The van der Waals surface area contributed by atoms with Gasteiger partial charge in [0.1, 0.15) is 10.7 Å². The molecule has 0 saturated carbocycles. The molecule has 1 amide bonds. The Labute approximate surface area is 148 Å². The van der Waals surface area contributed by atoms with Crippen LogP contribution in [0.4, 0.5) is 0 Å². The van der Waals surface area contributed by atoms with Gasteiger partial charge in [-0.25, -0.2) is 10.4 Å². The number of hydrogen-bond acceptors (Lipinski definition) is 5. The predicted molar refractivity (Wildman–Crippen MR) is 101 cm³/mol. The average molecular weight is 355 g/mol. The molecule has 1 aromatic carbocycles. The van der Waals surface area contributed by atoms with Crippen molar-refractivity contribution in [1.29, 1.82) is 0 Å². The highest BCUT2D eigenvalue weighted by molar-refractivity contribution is 7.13. The molecule has 0 radical (unpaired) electrons. The second kappa shape index (κ2) is 7.51. The van der Waals surface area contributed by atoms with E-state index in [1.165, 1.54) is 16.9 Å². The fourth-order valence-corrected chi connectivity index (χ4v) is 3.71. The van der Waals surface area contributed by atoms with Crippen molar-refractivity contribution in [3.05, 3.63) is 62.8 Å². The SMILES string of the molecule is CCc1ccc(-c2nc(C(=O)N/N=C\c3sccc3C)cs2)cc1. The molecule has 2 aromatic heterocycles. The summed E-state index contributed by atoms with van der Waals surface area (Å²) < 4.78 is 0. The first kappa shape index (κ1) is 16.5. The van der Waals surface area contributed by atoms with Crippen LogP contribution >= 0.6 is 22.7 Å². The summed E-state index contributed by atoms with van der Waals surface area (Å²) in [6, 6.07) is 10.3. The third-order valence-corrected chi connectivity index (χ3v) is 5.44. The summed E-state index contributed by atoms with van der Waals surface area (Å²) in [5.74, 6) is -0.298.